The van der Waals surface area contributed by atoms with Gasteiger partial charge >= 0.3 is 0 Å². The lowest BCUT2D eigenvalue weighted by Gasteiger charge is -1.88. The Morgan fingerprint density at radius 1 is 1.33 bits per heavy atom. The van der Waals surface area contributed by atoms with Gasteiger partial charge in [0.05, 0.1) is 0 Å². The summed E-state index contributed by atoms with van der Waals surface area (Å²) in [6.07, 6.45) is 0.634. The zero-order chi connectivity index (χ0) is 8.55. The fraction of sp³-hybridized carbons (Fsp3) is 0.100. The molecule has 1 aromatic heterocycles. The lowest BCUT2D eigenvalue weighted by Crippen LogP contribution is -1.67. The Morgan fingerprint density at radius 3 is 2.92 bits per heavy atom. The van der Waals surface area contributed by atoms with E-state index in [2.05, 4.69) is 6.92 Å². The first-order chi connectivity index (χ1) is 5.79. The summed E-state index contributed by atoms with van der Waals surface area (Å²) >= 11 is 0. The topological polar surface area (TPSA) is 33.4 Å². The van der Waals surface area contributed by atoms with Crippen LogP contribution in [0.2, 0.25) is 0 Å². The van der Waals surface area contributed by atoms with Gasteiger partial charge in [-0.1, -0.05) is 0 Å². The van der Waals surface area contributed by atoms with Gasteiger partial charge in [0.15, 0.2) is 0 Å². The highest BCUT2D eigenvalue weighted by Gasteiger charge is 2.01. The SMILES string of the molecule is [CH2]Cc1cc2ccc(O)cc2o1. The predicted molar refractivity (Wildman–Crippen MR) is 46.9 cm³/mol. The average molecular weight is 161 g/mol. The van der Waals surface area contributed by atoms with Crippen LogP contribution in [0.25, 0.3) is 11.0 Å². The number of hydrogen-bond acceptors (Lipinski definition) is 2. The summed E-state index contributed by atoms with van der Waals surface area (Å²) in [4.78, 5) is 0. The second-order valence-electron chi connectivity index (χ2n) is 2.68. The minimum Gasteiger partial charge on any atom is -0.508 e. The van der Waals surface area contributed by atoms with Crippen molar-refractivity contribution in [3.8, 4) is 5.75 Å². The molecule has 0 amide bonds. The summed E-state index contributed by atoms with van der Waals surface area (Å²) in [5, 5.41) is 10.1. The van der Waals surface area contributed by atoms with Crippen LogP contribution in [0.1, 0.15) is 5.76 Å². The maximum Gasteiger partial charge on any atom is 0.137 e. The Balaban J connectivity index is 2.67. The molecule has 2 heteroatoms. The molecule has 0 spiro atoms. The van der Waals surface area contributed by atoms with E-state index in [-0.39, 0.29) is 5.75 Å². The van der Waals surface area contributed by atoms with Crippen LogP contribution in [-0.2, 0) is 6.42 Å². The van der Waals surface area contributed by atoms with E-state index in [4.69, 9.17) is 9.52 Å². The van der Waals surface area contributed by atoms with Crippen LogP contribution in [0.4, 0.5) is 0 Å². The van der Waals surface area contributed by atoms with Crippen molar-refractivity contribution in [3.63, 3.8) is 0 Å². The Labute approximate surface area is 70.4 Å². The van der Waals surface area contributed by atoms with Gasteiger partial charge in [-0.15, -0.1) is 0 Å². The summed E-state index contributed by atoms with van der Waals surface area (Å²) in [6.45, 7) is 3.72. The average Bonchev–Trinajstić information content (AvgIpc) is 2.46. The van der Waals surface area contributed by atoms with Crippen molar-refractivity contribution in [2.75, 3.05) is 0 Å². The quantitative estimate of drug-likeness (QED) is 0.697. The van der Waals surface area contributed by atoms with Gasteiger partial charge in [-0.3, -0.25) is 0 Å². The summed E-state index contributed by atoms with van der Waals surface area (Å²) in [6, 6.07) is 7.01. The lowest BCUT2D eigenvalue weighted by atomic mass is 10.2. The fourth-order valence-electron chi connectivity index (χ4n) is 1.20. The number of hydrogen-bond donors (Lipinski definition) is 1. The number of benzene rings is 1. The molecule has 1 heterocycles. The third kappa shape index (κ3) is 1.05. The van der Waals surface area contributed by atoms with Gasteiger partial charge in [0, 0.05) is 17.9 Å². The minimum absolute atomic E-state index is 0.229. The molecule has 2 aromatic rings. The molecule has 0 aliphatic carbocycles. The van der Waals surface area contributed by atoms with Gasteiger partial charge in [0.1, 0.15) is 17.1 Å². The molecule has 0 bridgehead atoms. The molecular formula is C10H9O2. The van der Waals surface area contributed by atoms with E-state index < -0.39 is 0 Å². The molecular weight excluding hydrogens is 152 g/mol. The summed E-state index contributed by atoms with van der Waals surface area (Å²) in [5.74, 6) is 1.07. The first-order valence-corrected chi connectivity index (χ1v) is 3.80. The van der Waals surface area contributed by atoms with Crippen LogP contribution < -0.4 is 0 Å². The maximum atomic E-state index is 9.14. The molecule has 0 fully saturated rings. The Morgan fingerprint density at radius 2 is 2.17 bits per heavy atom. The zero-order valence-corrected chi connectivity index (χ0v) is 6.58. The molecule has 1 radical (unpaired) electrons. The van der Waals surface area contributed by atoms with Crippen molar-refractivity contribution in [2.24, 2.45) is 0 Å². The van der Waals surface area contributed by atoms with E-state index in [1.54, 1.807) is 12.1 Å². The van der Waals surface area contributed by atoms with Crippen LogP contribution in [-0.4, -0.2) is 5.11 Å². The number of fused-ring (bicyclic) bond motifs is 1. The number of furan rings is 1. The van der Waals surface area contributed by atoms with Gasteiger partial charge in [0.25, 0.3) is 0 Å². The smallest absolute Gasteiger partial charge is 0.137 e. The zero-order valence-electron chi connectivity index (χ0n) is 6.58. The van der Waals surface area contributed by atoms with Gasteiger partial charge < -0.3 is 9.52 Å². The first-order valence-electron chi connectivity index (χ1n) is 3.80. The maximum absolute atomic E-state index is 9.14. The van der Waals surface area contributed by atoms with E-state index >= 15 is 0 Å². The Hall–Kier alpha value is -1.44. The molecule has 0 aliphatic rings. The lowest BCUT2D eigenvalue weighted by molar-refractivity contribution is 0.473. The van der Waals surface area contributed by atoms with E-state index in [9.17, 15) is 0 Å². The van der Waals surface area contributed by atoms with E-state index in [1.807, 2.05) is 12.1 Å². The molecule has 0 aliphatic heterocycles. The highest BCUT2D eigenvalue weighted by Crippen LogP contribution is 2.23. The van der Waals surface area contributed by atoms with E-state index in [0.717, 1.165) is 11.1 Å². The molecule has 0 atom stereocenters. The highest BCUT2D eigenvalue weighted by atomic mass is 16.3. The van der Waals surface area contributed by atoms with Crippen molar-refractivity contribution in [1.82, 2.24) is 0 Å². The van der Waals surface area contributed by atoms with Gasteiger partial charge in [-0.25, -0.2) is 0 Å². The number of phenols is 1. The molecule has 12 heavy (non-hydrogen) atoms. The van der Waals surface area contributed by atoms with Gasteiger partial charge in [0.2, 0.25) is 0 Å². The van der Waals surface area contributed by atoms with E-state index in [1.165, 1.54) is 0 Å². The van der Waals surface area contributed by atoms with Crippen LogP contribution >= 0.6 is 0 Å². The number of aromatic hydroxyl groups is 1. The van der Waals surface area contributed by atoms with Crippen molar-refractivity contribution in [1.29, 1.82) is 0 Å². The first kappa shape index (κ1) is 7.22. The third-order valence-corrected chi connectivity index (χ3v) is 1.80. The standard InChI is InChI=1S/C10H9O2/c1-2-9-5-7-3-4-8(11)6-10(7)12-9/h3-6,11H,1-2H2. The second kappa shape index (κ2) is 2.55. The normalized spacial score (nSPS) is 10.8. The summed E-state index contributed by atoms with van der Waals surface area (Å²) in [7, 11) is 0. The second-order valence-corrected chi connectivity index (χ2v) is 2.68. The van der Waals surface area contributed by atoms with Crippen molar-refractivity contribution >= 4 is 11.0 Å². The Kier molecular flexibility index (Phi) is 1.54. The summed E-state index contributed by atoms with van der Waals surface area (Å²) < 4.78 is 5.38. The van der Waals surface area contributed by atoms with Gasteiger partial charge in [-0.05, 0) is 25.1 Å². The Bertz CT molecular complexity index is 401. The number of phenolic OH excluding ortho intramolecular Hbond substituents is 1. The van der Waals surface area contributed by atoms with Crippen LogP contribution in [0, 0.1) is 6.92 Å². The predicted octanol–water partition coefficient (Wildman–Crippen LogP) is 2.51. The fourth-order valence-corrected chi connectivity index (χ4v) is 1.20. The highest BCUT2D eigenvalue weighted by molar-refractivity contribution is 5.79. The van der Waals surface area contributed by atoms with E-state index in [0.29, 0.717) is 12.0 Å². The van der Waals surface area contributed by atoms with Gasteiger partial charge in [-0.2, -0.15) is 0 Å². The van der Waals surface area contributed by atoms with Crippen molar-refractivity contribution < 1.29 is 9.52 Å². The molecule has 1 N–H and O–H groups in total. The molecule has 61 valence electrons. The van der Waals surface area contributed by atoms with Crippen LogP contribution in [0.15, 0.2) is 28.7 Å². The van der Waals surface area contributed by atoms with Crippen molar-refractivity contribution in [2.45, 2.75) is 6.42 Å². The molecule has 1 aromatic carbocycles. The minimum atomic E-state index is 0.229. The molecule has 2 nitrogen and oxygen atoms in total. The number of rotatable bonds is 1. The largest absolute Gasteiger partial charge is 0.508 e. The molecule has 0 saturated carbocycles. The third-order valence-electron chi connectivity index (χ3n) is 1.80. The summed E-state index contributed by atoms with van der Waals surface area (Å²) in [5.41, 5.74) is 0.716. The molecule has 0 saturated heterocycles. The molecule has 0 unspecified atom stereocenters. The van der Waals surface area contributed by atoms with Crippen LogP contribution in [0.3, 0.4) is 0 Å². The van der Waals surface area contributed by atoms with Crippen molar-refractivity contribution in [3.05, 3.63) is 36.9 Å². The molecule has 2 rings (SSSR count). The monoisotopic (exact) mass is 161 g/mol. The van der Waals surface area contributed by atoms with Crippen LogP contribution in [0.5, 0.6) is 5.75 Å².